The molecule has 3 rings (SSSR count). The molecule has 0 saturated carbocycles. The van der Waals surface area contributed by atoms with Crippen molar-refractivity contribution in [3.05, 3.63) is 29.3 Å². The van der Waals surface area contributed by atoms with Crippen molar-refractivity contribution in [2.24, 2.45) is 5.73 Å². The number of carbonyl (C=O) groups excluding carboxylic acids is 1. The highest BCUT2D eigenvalue weighted by molar-refractivity contribution is 7.18. The van der Waals surface area contributed by atoms with Crippen LogP contribution in [0.3, 0.4) is 0 Å². The molecule has 2 aromatic rings. The smallest absolute Gasteiger partial charge is 0.239 e. The average Bonchev–Trinajstić information content (AvgIpc) is 2.89. The van der Waals surface area contributed by atoms with Crippen LogP contribution in [0.4, 0.5) is 0 Å². The van der Waals surface area contributed by atoms with Gasteiger partial charge in [0.15, 0.2) is 0 Å². The van der Waals surface area contributed by atoms with E-state index in [-0.39, 0.29) is 5.91 Å². The van der Waals surface area contributed by atoms with Gasteiger partial charge in [-0.2, -0.15) is 0 Å². The number of benzene rings is 1. The molecule has 112 valence electrons. The Hall–Kier alpha value is -1.50. The van der Waals surface area contributed by atoms with Gasteiger partial charge in [-0.15, -0.1) is 11.3 Å². The highest BCUT2D eigenvalue weighted by atomic mass is 32.1. The SMILES string of the molecule is CC(N)C(=O)N1CCN(Cc2nc3ccccc3s2)CC1. The summed E-state index contributed by atoms with van der Waals surface area (Å²) in [6, 6.07) is 7.82. The third-order valence-electron chi connectivity index (χ3n) is 3.77. The second-order valence-corrected chi connectivity index (χ2v) is 6.58. The number of nitrogens with two attached hydrogens (primary N) is 1. The average molecular weight is 304 g/mol. The molecule has 1 amide bonds. The molecule has 0 aliphatic carbocycles. The van der Waals surface area contributed by atoms with Crippen LogP contribution in [0.1, 0.15) is 11.9 Å². The van der Waals surface area contributed by atoms with Gasteiger partial charge in [-0.25, -0.2) is 4.98 Å². The van der Waals surface area contributed by atoms with Gasteiger partial charge < -0.3 is 10.6 Å². The normalized spacial score (nSPS) is 18.1. The lowest BCUT2D eigenvalue weighted by Crippen LogP contribution is -2.52. The maximum atomic E-state index is 11.9. The summed E-state index contributed by atoms with van der Waals surface area (Å²) in [5.74, 6) is 0.0506. The number of hydrogen-bond acceptors (Lipinski definition) is 5. The summed E-state index contributed by atoms with van der Waals surface area (Å²) in [6.45, 7) is 5.88. The summed E-state index contributed by atoms with van der Waals surface area (Å²) in [4.78, 5) is 20.7. The molecule has 1 aliphatic heterocycles. The molecule has 5 nitrogen and oxygen atoms in total. The largest absolute Gasteiger partial charge is 0.339 e. The minimum Gasteiger partial charge on any atom is -0.339 e. The summed E-state index contributed by atoms with van der Waals surface area (Å²) in [5.41, 5.74) is 6.73. The van der Waals surface area contributed by atoms with Gasteiger partial charge in [-0.1, -0.05) is 12.1 Å². The third kappa shape index (κ3) is 3.23. The van der Waals surface area contributed by atoms with Crippen LogP contribution >= 0.6 is 11.3 Å². The molecule has 0 spiro atoms. The summed E-state index contributed by atoms with van der Waals surface area (Å²) >= 11 is 1.75. The van der Waals surface area contributed by atoms with Crippen molar-refractivity contribution in [1.29, 1.82) is 0 Å². The van der Waals surface area contributed by atoms with Gasteiger partial charge >= 0.3 is 0 Å². The third-order valence-corrected chi connectivity index (χ3v) is 4.79. The van der Waals surface area contributed by atoms with E-state index >= 15 is 0 Å². The number of piperazine rings is 1. The second kappa shape index (κ2) is 6.09. The lowest BCUT2D eigenvalue weighted by atomic mass is 10.2. The van der Waals surface area contributed by atoms with Crippen LogP contribution in [-0.4, -0.2) is 52.9 Å². The number of aromatic nitrogens is 1. The van der Waals surface area contributed by atoms with Gasteiger partial charge in [0.05, 0.1) is 22.8 Å². The van der Waals surface area contributed by atoms with Gasteiger partial charge in [-0.05, 0) is 19.1 Å². The number of hydrogen-bond donors (Lipinski definition) is 1. The quantitative estimate of drug-likeness (QED) is 0.928. The number of amides is 1. The molecule has 1 aromatic carbocycles. The Morgan fingerprint density at radius 3 is 2.71 bits per heavy atom. The number of thiazole rings is 1. The topological polar surface area (TPSA) is 62.5 Å². The van der Waals surface area contributed by atoms with Crippen LogP contribution in [0.15, 0.2) is 24.3 Å². The number of carbonyl (C=O) groups is 1. The fourth-order valence-corrected chi connectivity index (χ4v) is 3.60. The minimum absolute atomic E-state index is 0.0506. The second-order valence-electron chi connectivity index (χ2n) is 5.47. The molecule has 1 saturated heterocycles. The van der Waals surface area contributed by atoms with E-state index in [0.717, 1.165) is 43.2 Å². The Kier molecular flexibility index (Phi) is 4.19. The van der Waals surface area contributed by atoms with Crippen LogP contribution in [0.25, 0.3) is 10.2 Å². The fraction of sp³-hybridized carbons (Fsp3) is 0.467. The van der Waals surface area contributed by atoms with Crippen molar-refractivity contribution in [2.45, 2.75) is 19.5 Å². The molecule has 2 N–H and O–H groups in total. The molecular formula is C15H20N4OS. The molecule has 1 aliphatic rings. The number of nitrogens with zero attached hydrogens (tertiary/aromatic N) is 3. The van der Waals surface area contributed by atoms with E-state index < -0.39 is 6.04 Å². The van der Waals surface area contributed by atoms with E-state index in [0.29, 0.717) is 0 Å². The number of rotatable bonds is 3. The molecule has 1 atom stereocenters. The predicted octanol–water partition coefficient (Wildman–Crippen LogP) is 1.29. The number of para-hydroxylation sites is 1. The van der Waals surface area contributed by atoms with Crippen molar-refractivity contribution < 1.29 is 4.79 Å². The van der Waals surface area contributed by atoms with E-state index in [1.54, 1.807) is 18.3 Å². The molecule has 6 heteroatoms. The maximum Gasteiger partial charge on any atom is 0.239 e. The first kappa shape index (κ1) is 14.4. The highest BCUT2D eigenvalue weighted by Crippen LogP contribution is 2.22. The van der Waals surface area contributed by atoms with Crippen LogP contribution < -0.4 is 5.73 Å². The molecule has 1 aromatic heterocycles. The van der Waals surface area contributed by atoms with E-state index in [2.05, 4.69) is 22.0 Å². The molecule has 21 heavy (non-hydrogen) atoms. The Morgan fingerprint density at radius 2 is 2.05 bits per heavy atom. The summed E-state index contributed by atoms with van der Waals surface area (Å²) < 4.78 is 1.23. The van der Waals surface area contributed by atoms with Gasteiger partial charge in [0.25, 0.3) is 0 Å². The molecule has 0 radical (unpaired) electrons. The van der Waals surface area contributed by atoms with Gasteiger partial charge in [-0.3, -0.25) is 9.69 Å². The fourth-order valence-electron chi connectivity index (χ4n) is 2.59. The van der Waals surface area contributed by atoms with E-state index in [9.17, 15) is 4.79 Å². The Labute approximate surface area is 128 Å². The monoisotopic (exact) mass is 304 g/mol. The molecule has 1 unspecified atom stereocenters. The highest BCUT2D eigenvalue weighted by Gasteiger charge is 2.23. The van der Waals surface area contributed by atoms with Crippen LogP contribution in [0, 0.1) is 0 Å². The van der Waals surface area contributed by atoms with E-state index in [1.807, 2.05) is 17.0 Å². The maximum absolute atomic E-state index is 11.9. The van der Waals surface area contributed by atoms with Crippen molar-refractivity contribution in [3.8, 4) is 0 Å². The van der Waals surface area contributed by atoms with Crippen LogP contribution in [0.5, 0.6) is 0 Å². The Bertz CT molecular complexity index is 598. The van der Waals surface area contributed by atoms with Crippen molar-refractivity contribution in [2.75, 3.05) is 26.2 Å². The Balaban J connectivity index is 1.59. The Morgan fingerprint density at radius 1 is 1.33 bits per heavy atom. The lowest BCUT2D eigenvalue weighted by Gasteiger charge is -2.35. The first-order valence-corrected chi connectivity index (χ1v) is 8.06. The predicted molar refractivity (Wildman–Crippen MR) is 85.1 cm³/mol. The van der Waals surface area contributed by atoms with E-state index in [4.69, 9.17) is 5.73 Å². The zero-order valence-electron chi connectivity index (χ0n) is 12.2. The van der Waals surface area contributed by atoms with Crippen LogP contribution in [0.2, 0.25) is 0 Å². The van der Waals surface area contributed by atoms with Gasteiger partial charge in [0, 0.05) is 26.2 Å². The summed E-state index contributed by atoms with van der Waals surface area (Å²) in [7, 11) is 0. The summed E-state index contributed by atoms with van der Waals surface area (Å²) in [5, 5.41) is 1.14. The molecule has 0 bridgehead atoms. The summed E-state index contributed by atoms with van der Waals surface area (Å²) in [6.07, 6.45) is 0. The first-order chi connectivity index (χ1) is 10.1. The van der Waals surface area contributed by atoms with Gasteiger partial charge in [0.2, 0.25) is 5.91 Å². The zero-order valence-corrected chi connectivity index (χ0v) is 13.0. The van der Waals surface area contributed by atoms with Crippen molar-refractivity contribution in [3.63, 3.8) is 0 Å². The van der Waals surface area contributed by atoms with Crippen molar-refractivity contribution >= 4 is 27.5 Å². The first-order valence-electron chi connectivity index (χ1n) is 7.24. The van der Waals surface area contributed by atoms with Crippen molar-refractivity contribution in [1.82, 2.24) is 14.8 Å². The van der Waals surface area contributed by atoms with Crippen LogP contribution in [-0.2, 0) is 11.3 Å². The molecule has 1 fully saturated rings. The molecule has 2 heterocycles. The van der Waals surface area contributed by atoms with E-state index in [1.165, 1.54) is 4.70 Å². The standard InChI is InChI=1S/C15H20N4OS/c1-11(16)15(20)19-8-6-18(7-9-19)10-14-17-12-4-2-3-5-13(12)21-14/h2-5,11H,6-10,16H2,1H3. The zero-order chi connectivity index (χ0) is 14.8. The van der Waals surface area contributed by atoms with Gasteiger partial charge in [0.1, 0.15) is 5.01 Å². The minimum atomic E-state index is -0.402. The molecular weight excluding hydrogens is 284 g/mol. The number of fused-ring (bicyclic) bond motifs is 1. The lowest BCUT2D eigenvalue weighted by molar-refractivity contribution is -0.134.